The van der Waals surface area contributed by atoms with Gasteiger partial charge in [-0.05, 0) is 68.1 Å². The van der Waals surface area contributed by atoms with Gasteiger partial charge in [-0.3, -0.25) is 0 Å². The molecule has 2 aliphatic carbocycles. The molecule has 2 saturated carbocycles. The van der Waals surface area contributed by atoms with Crippen LogP contribution in [0.5, 0.6) is 0 Å². The zero-order valence-corrected chi connectivity index (χ0v) is 13.5. The Bertz CT molecular complexity index is 457. The zero-order valence-electron chi connectivity index (χ0n) is 12.0. The topological polar surface area (TPSA) is 12.0 Å². The van der Waals surface area contributed by atoms with Gasteiger partial charge in [-0.15, -0.1) is 0 Å². The van der Waals surface area contributed by atoms with Gasteiger partial charge in [-0.1, -0.05) is 34.5 Å². The number of rotatable bonds is 4. The van der Waals surface area contributed by atoms with Gasteiger partial charge >= 0.3 is 0 Å². The monoisotopic (exact) mass is 321 g/mol. The van der Waals surface area contributed by atoms with E-state index in [-0.39, 0.29) is 0 Å². The van der Waals surface area contributed by atoms with Crippen molar-refractivity contribution >= 4 is 15.9 Å². The summed E-state index contributed by atoms with van der Waals surface area (Å²) in [7, 11) is 0. The average Bonchev–Trinajstić information content (AvgIpc) is 2.99. The Labute approximate surface area is 125 Å². The van der Waals surface area contributed by atoms with E-state index in [4.69, 9.17) is 0 Å². The van der Waals surface area contributed by atoms with Crippen molar-refractivity contribution in [2.45, 2.75) is 52.1 Å². The third-order valence-corrected chi connectivity index (χ3v) is 6.00. The van der Waals surface area contributed by atoms with E-state index in [1.807, 2.05) is 0 Å². The molecule has 1 aromatic carbocycles. The molecule has 4 unspecified atom stereocenters. The first-order valence-electron chi connectivity index (χ1n) is 7.62. The average molecular weight is 322 g/mol. The highest BCUT2D eigenvalue weighted by Crippen LogP contribution is 2.49. The molecule has 0 radical (unpaired) electrons. The number of aryl methyl sites for hydroxylation is 1. The second kappa shape index (κ2) is 5.57. The van der Waals surface area contributed by atoms with Crippen molar-refractivity contribution in [3.8, 4) is 0 Å². The van der Waals surface area contributed by atoms with E-state index in [0.717, 1.165) is 24.3 Å². The van der Waals surface area contributed by atoms with E-state index in [1.165, 1.54) is 41.3 Å². The van der Waals surface area contributed by atoms with Crippen molar-refractivity contribution in [3.63, 3.8) is 0 Å². The molecular formula is C17H24BrN. The Hall–Kier alpha value is -0.340. The molecule has 2 bridgehead atoms. The van der Waals surface area contributed by atoms with Gasteiger partial charge < -0.3 is 5.32 Å². The molecule has 2 fully saturated rings. The first kappa shape index (κ1) is 13.6. The molecule has 0 heterocycles. The molecule has 19 heavy (non-hydrogen) atoms. The summed E-state index contributed by atoms with van der Waals surface area (Å²) in [6.07, 6.45) is 5.95. The molecule has 0 aromatic heterocycles. The Morgan fingerprint density at radius 3 is 2.79 bits per heavy atom. The molecule has 1 aromatic rings. The van der Waals surface area contributed by atoms with Crippen LogP contribution in [0.3, 0.4) is 0 Å². The predicted molar refractivity (Wildman–Crippen MR) is 84.1 cm³/mol. The summed E-state index contributed by atoms with van der Waals surface area (Å²) in [6, 6.07) is 7.30. The van der Waals surface area contributed by atoms with Gasteiger partial charge in [0.1, 0.15) is 0 Å². The minimum absolute atomic E-state index is 0.656. The van der Waals surface area contributed by atoms with Gasteiger partial charge in [0.05, 0.1) is 0 Å². The summed E-state index contributed by atoms with van der Waals surface area (Å²) in [6.45, 7) is 5.50. The smallest absolute Gasteiger partial charge is 0.0222 e. The largest absolute Gasteiger partial charge is 0.310 e. The lowest BCUT2D eigenvalue weighted by Gasteiger charge is -2.28. The van der Waals surface area contributed by atoms with Crippen LogP contribution in [0, 0.1) is 24.7 Å². The summed E-state index contributed by atoms with van der Waals surface area (Å²) in [5, 5.41) is 3.76. The predicted octanol–water partition coefficient (Wildman–Crippen LogP) is 4.67. The van der Waals surface area contributed by atoms with Gasteiger partial charge in [0.2, 0.25) is 0 Å². The number of benzene rings is 1. The molecule has 104 valence electrons. The number of hydrogen-bond donors (Lipinski definition) is 1. The molecule has 2 aliphatic rings. The van der Waals surface area contributed by atoms with Crippen LogP contribution < -0.4 is 5.32 Å². The molecule has 4 atom stereocenters. The van der Waals surface area contributed by atoms with E-state index < -0.39 is 0 Å². The SMILES string of the molecule is Cc1ccc(CNC(C)C2CC3CCC2C3)c(Br)c1. The summed E-state index contributed by atoms with van der Waals surface area (Å²) in [4.78, 5) is 0. The second-order valence-electron chi connectivity index (χ2n) is 6.60. The normalized spacial score (nSPS) is 30.8. The Morgan fingerprint density at radius 1 is 1.32 bits per heavy atom. The highest BCUT2D eigenvalue weighted by atomic mass is 79.9. The third kappa shape index (κ3) is 2.90. The third-order valence-electron chi connectivity index (χ3n) is 5.26. The van der Waals surface area contributed by atoms with Crippen LogP contribution in [-0.2, 0) is 6.54 Å². The van der Waals surface area contributed by atoms with Gasteiger partial charge in [-0.2, -0.15) is 0 Å². The van der Waals surface area contributed by atoms with E-state index in [1.54, 1.807) is 0 Å². The Kier molecular flexibility index (Phi) is 4.00. The van der Waals surface area contributed by atoms with Crippen molar-refractivity contribution in [3.05, 3.63) is 33.8 Å². The molecule has 1 N–H and O–H groups in total. The summed E-state index contributed by atoms with van der Waals surface area (Å²) < 4.78 is 1.24. The fourth-order valence-electron chi connectivity index (χ4n) is 4.12. The maximum Gasteiger partial charge on any atom is 0.0222 e. The number of hydrogen-bond acceptors (Lipinski definition) is 1. The maximum atomic E-state index is 3.76. The molecule has 2 heteroatoms. The Balaban J connectivity index is 1.57. The molecule has 0 saturated heterocycles. The zero-order chi connectivity index (χ0) is 13.4. The lowest BCUT2D eigenvalue weighted by atomic mass is 9.84. The Morgan fingerprint density at radius 2 is 2.16 bits per heavy atom. The van der Waals surface area contributed by atoms with Crippen LogP contribution >= 0.6 is 15.9 Å². The van der Waals surface area contributed by atoms with E-state index in [2.05, 4.69) is 53.3 Å². The van der Waals surface area contributed by atoms with Crippen LogP contribution in [0.15, 0.2) is 22.7 Å². The summed E-state index contributed by atoms with van der Waals surface area (Å²) in [5.41, 5.74) is 2.69. The van der Waals surface area contributed by atoms with Gasteiger partial charge in [-0.25, -0.2) is 0 Å². The molecule has 1 nitrogen and oxygen atoms in total. The first-order valence-corrected chi connectivity index (χ1v) is 8.41. The minimum atomic E-state index is 0.656. The van der Waals surface area contributed by atoms with Crippen molar-refractivity contribution < 1.29 is 0 Å². The minimum Gasteiger partial charge on any atom is -0.310 e. The van der Waals surface area contributed by atoms with Crippen molar-refractivity contribution in [1.82, 2.24) is 5.32 Å². The van der Waals surface area contributed by atoms with Crippen molar-refractivity contribution in [1.29, 1.82) is 0 Å². The van der Waals surface area contributed by atoms with Gasteiger partial charge in [0.25, 0.3) is 0 Å². The van der Waals surface area contributed by atoms with Crippen LogP contribution in [0.25, 0.3) is 0 Å². The summed E-state index contributed by atoms with van der Waals surface area (Å²) >= 11 is 3.67. The first-order chi connectivity index (χ1) is 9.13. The van der Waals surface area contributed by atoms with Crippen LogP contribution in [0.1, 0.15) is 43.7 Å². The van der Waals surface area contributed by atoms with E-state index in [0.29, 0.717) is 6.04 Å². The molecule has 0 spiro atoms. The molecule has 0 amide bonds. The number of fused-ring (bicyclic) bond motifs is 2. The van der Waals surface area contributed by atoms with E-state index in [9.17, 15) is 0 Å². The molecule has 3 rings (SSSR count). The number of halogens is 1. The van der Waals surface area contributed by atoms with Crippen LogP contribution in [-0.4, -0.2) is 6.04 Å². The van der Waals surface area contributed by atoms with Crippen molar-refractivity contribution in [2.24, 2.45) is 17.8 Å². The quantitative estimate of drug-likeness (QED) is 0.849. The fourth-order valence-corrected chi connectivity index (χ4v) is 4.76. The molecule has 0 aliphatic heterocycles. The highest BCUT2D eigenvalue weighted by molar-refractivity contribution is 9.10. The van der Waals surface area contributed by atoms with Gasteiger partial charge in [0.15, 0.2) is 0 Å². The fraction of sp³-hybridized carbons (Fsp3) is 0.647. The lowest BCUT2D eigenvalue weighted by Crippen LogP contribution is -2.35. The maximum absolute atomic E-state index is 3.76. The van der Waals surface area contributed by atoms with E-state index >= 15 is 0 Å². The van der Waals surface area contributed by atoms with Gasteiger partial charge in [0, 0.05) is 17.1 Å². The van der Waals surface area contributed by atoms with Crippen LogP contribution in [0.4, 0.5) is 0 Å². The number of nitrogens with one attached hydrogen (secondary N) is 1. The summed E-state index contributed by atoms with van der Waals surface area (Å²) in [5.74, 6) is 2.97. The highest BCUT2D eigenvalue weighted by Gasteiger charge is 2.41. The standard InChI is InChI=1S/C17H24BrN/c1-11-3-5-15(17(18)7-11)10-19-12(2)16-9-13-4-6-14(16)8-13/h3,5,7,12-14,16,19H,4,6,8-10H2,1-2H3. The lowest BCUT2D eigenvalue weighted by molar-refractivity contribution is 0.259. The van der Waals surface area contributed by atoms with Crippen molar-refractivity contribution in [2.75, 3.05) is 0 Å². The second-order valence-corrected chi connectivity index (χ2v) is 7.46. The van der Waals surface area contributed by atoms with Crippen LogP contribution in [0.2, 0.25) is 0 Å². The molecular weight excluding hydrogens is 298 g/mol.